The van der Waals surface area contributed by atoms with Gasteiger partial charge in [0.15, 0.2) is 28.5 Å². The van der Waals surface area contributed by atoms with Gasteiger partial charge in [0.25, 0.3) is 0 Å². The van der Waals surface area contributed by atoms with Crippen LogP contribution in [0.5, 0.6) is 17.2 Å². The minimum absolute atomic E-state index is 0.00404. The van der Waals surface area contributed by atoms with Crippen LogP contribution in [0, 0.1) is 23.7 Å². The molecule has 8 unspecified atom stereocenters. The minimum atomic E-state index is -1.65. The second-order valence-corrected chi connectivity index (χ2v) is 22.9. The van der Waals surface area contributed by atoms with Gasteiger partial charge in [0.1, 0.15) is 29.2 Å². The number of methoxy groups -OCH3 is 1. The molecular weight excluding hydrogens is 913 g/mol. The molecule has 2 spiro atoms. The number of carbonyl (C=O) groups is 5. The largest absolute Gasteiger partial charge is 0.482 e. The number of nitrogens with zero attached hydrogens (tertiary/aromatic N) is 3. The van der Waals surface area contributed by atoms with Crippen molar-refractivity contribution in [2.75, 3.05) is 53.4 Å². The van der Waals surface area contributed by atoms with Gasteiger partial charge in [-0.3, -0.25) is 24.5 Å². The topological polar surface area (TPSA) is 153 Å². The third-order valence-electron chi connectivity index (χ3n) is 17.6. The first-order valence-corrected chi connectivity index (χ1v) is 25.9. The average Bonchev–Trinajstić information content (AvgIpc) is 3.94. The lowest BCUT2D eigenvalue weighted by molar-refractivity contribution is -0.245. The Kier molecular flexibility index (Phi) is 11.3. The lowest BCUT2D eigenvalue weighted by atomic mass is 9.39. The van der Waals surface area contributed by atoms with Crippen LogP contribution in [0.2, 0.25) is 0 Å². The number of hydrogen-bond donors (Lipinski definition) is 1. The molecule has 14 heteroatoms. The number of carbonyl (C=O) groups excluding carboxylic acids is 5. The Balaban J connectivity index is 1.22. The van der Waals surface area contributed by atoms with Crippen molar-refractivity contribution in [1.29, 1.82) is 0 Å². The summed E-state index contributed by atoms with van der Waals surface area (Å²) < 4.78 is 34.9. The molecule has 72 heavy (non-hydrogen) atoms. The standard InChI is InChI=1S/C58H68N4O10/c1-32(2)14-13-21-55(8)22-20-38-48(70-55)37(18-17-33(3)4)50-45(49(38)69-42(64)31-41(63)61-28-26-60(9)27-29-61)58-51-43(44-46(62(58)25-24-59-58)35-15-11-12-16-36(35)47(44)65)39-30-40-54(6,7)72-56(52(39)66,57(40,51)71-50)23-19-34(5)53(67)68-10/h11-12,14-17,19-20,22,39-40,43,51,59H,13,18,21,23-31H2,1-10H3/b34-19-. The molecule has 6 aliphatic heterocycles. The molecule has 14 nitrogen and oxygen atoms in total. The molecule has 2 aromatic carbocycles. The van der Waals surface area contributed by atoms with E-state index in [0.717, 1.165) is 28.8 Å². The van der Waals surface area contributed by atoms with Gasteiger partial charge in [-0.15, -0.1) is 0 Å². The Hall–Kier alpha value is -5.83. The third-order valence-corrected chi connectivity index (χ3v) is 17.6. The van der Waals surface area contributed by atoms with Crippen LogP contribution >= 0.6 is 0 Å². The summed E-state index contributed by atoms with van der Waals surface area (Å²) in [7, 11) is 3.35. The highest BCUT2D eigenvalue weighted by atomic mass is 16.6. The maximum Gasteiger partial charge on any atom is 0.333 e. The molecule has 3 saturated carbocycles. The number of fused-ring (bicyclic) bond motifs is 5. The molecule has 1 amide bonds. The highest BCUT2D eigenvalue weighted by molar-refractivity contribution is 6.22. The number of esters is 2. The van der Waals surface area contributed by atoms with Crippen LogP contribution in [0.1, 0.15) is 120 Å². The number of rotatable bonds is 11. The van der Waals surface area contributed by atoms with Crippen molar-refractivity contribution in [3.63, 3.8) is 0 Å². The molecular formula is C58H68N4O10. The Labute approximate surface area is 422 Å². The fourth-order valence-corrected chi connectivity index (χ4v) is 14.5. The summed E-state index contributed by atoms with van der Waals surface area (Å²) in [6.07, 6.45) is 11.8. The summed E-state index contributed by atoms with van der Waals surface area (Å²) in [5.41, 5.74) is 1.01. The molecule has 2 aromatic rings. The number of Topliss-reactive ketones (excluding diaryl/α,β-unsaturated/α-hetero) is 2. The summed E-state index contributed by atoms with van der Waals surface area (Å²) in [6.45, 7) is 19.4. The molecule has 6 heterocycles. The van der Waals surface area contributed by atoms with Crippen molar-refractivity contribution in [2.24, 2.45) is 23.7 Å². The van der Waals surface area contributed by atoms with Crippen molar-refractivity contribution in [3.05, 3.63) is 98.7 Å². The first kappa shape index (κ1) is 48.4. The molecule has 6 fully saturated rings. The summed E-state index contributed by atoms with van der Waals surface area (Å²) in [5.74, 6) is -3.12. The second-order valence-electron chi connectivity index (χ2n) is 22.9. The SMILES string of the molecule is COC(=O)/C(C)=C\CC12OC(C)(C)C3CC(C1=O)C1C4=C(c5ccccc5C4=O)N4CCNC45c4c(OC(=O)CC(=O)N6CCN(C)CC6)c6c(c(CC=C(C)C)c4OC32C15)OC(C)(CCC=C(C)C)C=C6. The summed E-state index contributed by atoms with van der Waals surface area (Å²) in [5, 5.41) is 4.07. The average molecular weight is 981 g/mol. The monoisotopic (exact) mass is 980 g/mol. The van der Waals surface area contributed by atoms with E-state index in [4.69, 9.17) is 23.7 Å². The second kappa shape index (κ2) is 16.9. The van der Waals surface area contributed by atoms with Gasteiger partial charge in [-0.05, 0) is 100 Å². The maximum atomic E-state index is 16.2. The zero-order valence-corrected chi connectivity index (χ0v) is 43.4. The van der Waals surface area contributed by atoms with Crippen LogP contribution in [0.25, 0.3) is 11.8 Å². The highest BCUT2D eigenvalue weighted by Crippen LogP contribution is 2.78. The maximum absolute atomic E-state index is 16.2. The van der Waals surface area contributed by atoms with E-state index in [9.17, 15) is 14.4 Å². The predicted molar refractivity (Wildman–Crippen MR) is 270 cm³/mol. The van der Waals surface area contributed by atoms with E-state index in [1.54, 1.807) is 17.9 Å². The number of allylic oxidation sites excluding steroid dienone is 5. The van der Waals surface area contributed by atoms with Crippen LogP contribution in [-0.4, -0.2) is 120 Å². The van der Waals surface area contributed by atoms with Gasteiger partial charge in [-0.25, -0.2) is 4.79 Å². The number of hydrogen-bond acceptors (Lipinski definition) is 13. The number of nitrogens with one attached hydrogen (secondary N) is 1. The lowest BCUT2D eigenvalue weighted by Gasteiger charge is -2.70. The Bertz CT molecular complexity index is 2910. The number of ketones is 2. The number of piperazine rings is 1. The third kappa shape index (κ3) is 6.72. The molecule has 4 bridgehead atoms. The number of likely N-dealkylation sites (N-methyl/N-ethyl adjacent to an activating group) is 1. The smallest absolute Gasteiger partial charge is 0.333 e. The van der Waals surface area contributed by atoms with E-state index in [-0.39, 0.29) is 29.6 Å². The van der Waals surface area contributed by atoms with Crippen molar-refractivity contribution >= 4 is 41.2 Å². The Morgan fingerprint density at radius 3 is 2.33 bits per heavy atom. The predicted octanol–water partition coefficient (Wildman–Crippen LogP) is 7.49. The van der Waals surface area contributed by atoms with E-state index < -0.39 is 70.1 Å². The van der Waals surface area contributed by atoms with E-state index in [2.05, 4.69) is 48.0 Å². The van der Waals surface area contributed by atoms with Gasteiger partial charge >= 0.3 is 11.9 Å². The molecule has 10 aliphatic rings. The number of ether oxygens (including phenoxy) is 5. The summed E-state index contributed by atoms with van der Waals surface area (Å²) >= 11 is 0. The first-order valence-electron chi connectivity index (χ1n) is 25.9. The van der Waals surface area contributed by atoms with Gasteiger partial charge < -0.3 is 38.4 Å². The first-order chi connectivity index (χ1) is 34.2. The fourth-order valence-electron chi connectivity index (χ4n) is 14.5. The van der Waals surface area contributed by atoms with Gasteiger partial charge in [0, 0.05) is 91.3 Å². The Morgan fingerprint density at radius 1 is 0.903 bits per heavy atom. The fraction of sp³-hybridized carbons (Fsp3) is 0.534. The normalized spacial score (nSPS) is 31.9. The molecule has 0 aromatic heterocycles. The van der Waals surface area contributed by atoms with Crippen LogP contribution < -0.4 is 19.5 Å². The summed E-state index contributed by atoms with van der Waals surface area (Å²) in [6, 6.07) is 7.68. The van der Waals surface area contributed by atoms with Gasteiger partial charge in [-0.1, -0.05) is 53.6 Å². The van der Waals surface area contributed by atoms with Crippen molar-refractivity contribution in [2.45, 2.75) is 122 Å². The van der Waals surface area contributed by atoms with E-state index in [1.165, 1.54) is 12.7 Å². The minimum Gasteiger partial charge on any atom is -0.482 e. The van der Waals surface area contributed by atoms with Crippen LogP contribution in [0.3, 0.4) is 0 Å². The van der Waals surface area contributed by atoms with Crippen molar-refractivity contribution < 1.29 is 47.7 Å². The van der Waals surface area contributed by atoms with E-state index >= 15 is 9.59 Å². The number of amides is 1. The van der Waals surface area contributed by atoms with Crippen molar-refractivity contribution in [1.82, 2.24) is 20.0 Å². The molecule has 12 rings (SSSR count). The zero-order valence-electron chi connectivity index (χ0n) is 43.4. The Morgan fingerprint density at radius 2 is 1.62 bits per heavy atom. The van der Waals surface area contributed by atoms with Crippen LogP contribution in [0.4, 0.5) is 0 Å². The molecule has 3 saturated heterocycles. The molecule has 4 aliphatic carbocycles. The van der Waals surface area contributed by atoms with Gasteiger partial charge in [0.2, 0.25) is 5.91 Å². The van der Waals surface area contributed by atoms with Crippen LogP contribution in [-0.2, 0) is 40.7 Å². The number of benzene rings is 2. The zero-order chi connectivity index (χ0) is 51.0. The van der Waals surface area contributed by atoms with E-state index in [1.807, 2.05) is 71.2 Å². The quantitative estimate of drug-likeness (QED) is 0.0779. The molecule has 8 atom stereocenters. The van der Waals surface area contributed by atoms with Gasteiger partial charge in [0.05, 0.1) is 35.5 Å². The lowest BCUT2D eigenvalue weighted by Crippen LogP contribution is -2.84. The molecule has 0 radical (unpaired) electrons. The van der Waals surface area contributed by atoms with Crippen LogP contribution in [0.15, 0.2) is 70.9 Å². The molecule has 1 N–H and O–H groups in total. The van der Waals surface area contributed by atoms with Gasteiger partial charge in [-0.2, -0.15) is 0 Å². The summed E-state index contributed by atoms with van der Waals surface area (Å²) in [4.78, 5) is 79.6. The molecule has 380 valence electrons. The van der Waals surface area contributed by atoms with Crippen molar-refractivity contribution in [3.8, 4) is 17.2 Å². The highest BCUT2D eigenvalue weighted by Gasteiger charge is 2.89. The van der Waals surface area contributed by atoms with E-state index in [0.29, 0.717) is 97.9 Å².